The fourth-order valence-electron chi connectivity index (χ4n) is 1.95. The molecule has 0 amide bonds. The molecule has 72 valence electrons. The Balaban J connectivity index is 2.78. The molecule has 1 aromatic carbocycles. The van der Waals surface area contributed by atoms with Crippen molar-refractivity contribution in [2.24, 2.45) is 5.92 Å². The lowest BCUT2D eigenvalue weighted by Crippen LogP contribution is -2.07. The number of hydrogen-bond acceptors (Lipinski definition) is 0. The van der Waals surface area contributed by atoms with Crippen molar-refractivity contribution in [3.63, 3.8) is 0 Å². The van der Waals surface area contributed by atoms with Crippen molar-refractivity contribution < 1.29 is 0 Å². The van der Waals surface area contributed by atoms with E-state index in [1.807, 2.05) is 0 Å². The molecular weight excluding hydrogens is 156 g/mol. The topological polar surface area (TPSA) is 0 Å². The van der Waals surface area contributed by atoms with Gasteiger partial charge in [-0.05, 0) is 23.8 Å². The normalized spacial score (nSPS) is 15.3. The zero-order chi connectivity index (χ0) is 9.68. The highest BCUT2D eigenvalue weighted by Crippen LogP contribution is 2.29. The van der Waals surface area contributed by atoms with Gasteiger partial charge in [-0.2, -0.15) is 0 Å². The summed E-state index contributed by atoms with van der Waals surface area (Å²) in [6, 6.07) is 10.9. The fourth-order valence-corrected chi connectivity index (χ4v) is 1.95. The van der Waals surface area contributed by atoms with E-state index in [0.29, 0.717) is 0 Å². The Morgan fingerprint density at radius 3 is 2.08 bits per heavy atom. The molecule has 0 spiro atoms. The summed E-state index contributed by atoms with van der Waals surface area (Å²) in [6.07, 6.45) is 2.52. The predicted octanol–water partition coefficient (Wildman–Crippen LogP) is 4.23. The lowest BCUT2D eigenvalue weighted by atomic mass is 9.84. The van der Waals surface area contributed by atoms with Crippen molar-refractivity contribution in [1.82, 2.24) is 0 Å². The molecule has 0 aliphatic rings. The first kappa shape index (κ1) is 10.3. The van der Waals surface area contributed by atoms with Crippen molar-refractivity contribution in [2.75, 3.05) is 0 Å². The van der Waals surface area contributed by atoms with E-state index < -0.39 is 0 Å². The summed E-state index contributed by atoms with van der Waals surface area (Å²) in [5.41, 5.74) is 1.50. The Kier molecular flexibility index (Phi) is 4.01. The van der Waals surface area contributed by atoms with E-state index in [4.69, 9.17) is 0 Å². The molecule has 0 saturated heterocycles. The Morgan fingerprint density at radius 2 is 1.62 bits per heavy atom. The van der Waals surface area contributed by atoms with Gasteiger partial charge in [-0.1, -0.05) is 57.5 Å². The highest BCUT2D eigenvalue weighted by molar-refractivity contribution is 5.19. The summed E-state index contributed by atoms with van der Waals surface area (Å²) in [5, 5.41) is 0. The van der Waals surface area contributed by atoms with Crippen LogP contribution in [0.15, 0.2) is 30.3 Å². The minimum absolute atomic E-state index is 0.742. The maximum Gasteiger partial charge on any atom is -0.0139 e. The van der Waals surface area contributed by atoms with Crippen LogP contribution in [-0.4, -0.2) is 0 Å². The van der Waals surface area contributed by atoms with Gasteiger partial charge in [0.15, 0.2) is 0 Å². The first-order valence-corrected chi connectivity index (χ1v) is 5.34. The Morgan fingerprint density at radius 1 is 1.00 bits per heavy atom. The van der Waals surface area contributed by atoms with Crippen LogP contribution < -0.4 is 0 Å². The van der Waals surface area contributed by atoms with Crippen LogP contribution in [-0.2, 0) is 0 Å². The zero-order valence-corrected chi connectivity index (χ0v) is 8.96. The highest BCUT2D eigenvalue weighted by Gasteiger charge is 2.14. The number of rotatable bonds is 4. The number of hydrogen-bond donors (Lipinski definition) is 0. The minimum Gasteiger partial charge on any atom is -0.0651 e. The van der Waals surface area contributed by atoms with Crippen LogP contribution in [0.3, 0.4) is 0 Å². The monoisotopic (exact) mass is 176 g/mol. The molecule has 0 fully saturated rings. The van der Waals surface area contributed by atoms with Gasteiger partial charge < -0.3 is 0 Å². The van der Waals surface area contributed by atoms with Crippen molar-refractivity contribution in [2.45, 2.75) is 39.5 Å². The fraction of sp³-hybridized carbons (Fsp3) is 0.538. The molecule has 0 unspecified atom stereocenters. The summed E-state index contributed by atoms with van der Waals surface area (Å²) in [7, 11) is 0. The van der Waals surface area contributed by atoms with E-state index in [9.17, 15) is 0 Å². The van der Waals surface area contributed by atoms with E-state index in [1.54, 1.807) is 0 Å². The standard InChI is InChI=1S/C13H20/c1-4-11(3)13(5-2)12-9-7-6-8-10-12/h6-11,13H,4-5H2,1-3H3/t11-,13+/m1/s1. The average Bonchev–Trinajstić information content (AvgIpc) is 2.20. The molecule has 1 rings (SSSR count). The van der Waals surface area contributed by atoms with Crippen LogP contribution in [0.1, 0.15) is 45.1 Å². The van der Waals surface area contributed by atoms with Gasteiger partial charge in [0.05, 0.1) is 0 Å². The van der Waals surface area contributed by atoms with E-state index in [0.717, 1.165) is 11.8 Å². The lowest BCUT2D eigenvalue weighted by Gasteiger charge is -2.21. The largest absolute Gasteiger partial charge is 0.0651 e. The summed E-state index contributed by atoms with van der Waals surface area (Å²) in [6.45, 7) is 6.90. The van der Waals surface area contributed by atoms with Crippen molar-refractivity contribution in [3.8, 4) is 0 Å². The quantitative estimate of drug-likeness (QED) is 0.644. The Labute approximate surface area is 82.0 Å². The minimum atomic E-state index is 0.742. The molecule has 2 atom stereocenters. The molecule has 0 radical (unpaired) electrons. The molecule has 0 bridgehead atoms. The number of benzene rings is 1. The third-order valence-electron chi connectivity index (χ3n) is 3.00. The molecule has 0 heterocycles. The molecule has 0 saturated carbocycles. The second-order valence-electron chi connectivity index (χ2n) is 3.81. The van der Waals surface area contributed by atoms with Gasteiger partial charge in [0.25, 0.3) is 0 Å². The summed E-state index contributed by atoms with van der Waals surface area (Å²) >= 11 is 0. The smallest absolute Gasteiger partial charge is 0.0139 e. The van der Waals surface area contributed by atoms with Crippen LogP contribution in [0.2, 0.25) is 0 Å². The molecule has 0 heteroatoms. The van der Waals surface area contributed by atoms with Crippen LogP contribution in [0.25, 0.3) is 0 Å². The third kappa shape index (κ3) is 2.58. The molecule has 13 heavy (non-hydrogen) atoms. The van der Waals surface area contributed by atoms with E-state index in [-0.39, 0.29) is 0 Å². The van der Waals surface area contributed by atoms with Crippen LogP contribution in [0.5, 0.6) is 0 Å². The van der Waals surface area contributed by atoms with Crippen LogP contribution in [0.4, 0.5) is 0 Å². The van der Waals surface area contributed by atoms with Gasteiger partial charge >= 0.3 is 0 Å². The van der Waals surface area contributed by atoms with E-state index in [1.165, 1.54) is 18.4 Å². The third-order valence-corrected chi connectivity index (χ3v) is 3.00. The molecule has 0 nitrogen and oxygen atoms in total. The molecule has 0 N–H and O–H groups in total. The van der Waals surface area contributed by atoms with Crippen molar-refractivity contribution >= 4 is 0 Å². The lowest BCUT2D eigenvalue weighted by molar-refractivity contribution is 0.435. The van der Waals surface area contributed by atoms with Crippen molar-refractivity contribution in [1.29, 1.82) is 0 Å². The van der Waals surface area contributed by atoms with Gasteiger partial charge in [-0.15, -0.1) is 0 Å². The van der Waals surface area contributed by atoms with Gasteiger partial charge in [-0.3, -0.25) is 0 Å². The maximum absolute atomic E-state index is 2.35. The highest BCUT2D eigenvalue weighted by atomic mass is 14.2. The van der Waals surface area contributed by atoms with Gasteiger partial charge in [0, 0.05) is 0 Å². The van der Waals surface area contributed by atoms with Crippen molar-refractivity contribution in [3.05, 3.63) is 35.9 Å². The Hall–Kier alpha value is -0.780. The zero-order valence-electron chi connectivity index (χ0n) is 8.96. The van der Waals surface area contributed by atoms with Crippen LogP contribution >= 0.6 is 0 Å². The second kappa shape index (κ2) is 5.06. The maximum atomic E-state index is 2.35. The molecular formula is C13H20. The van der Waals surface area contributed by atoms with E-state index in [2.05, 4.69) is 51.1 Å². The second-order valence-corrected chi connectivity index (χ2v) is 3.81. The Bertz CT molecular complexity index is 225. The van der Waals surface area contributed by atoms with Crippen LogP contribution in [0, 0.1) is 5.92 Å². The van der Waals surface area contributed by atoms with Gasteiger partial charge in [0.2, 0.25) is 0 Å². The first-order chi connectivity index (χ1) is 6.29. The summed E-state index contributed by atoms with van der Waals surface area (Å²) in [5.74, 6) is 1.54. The molecule has 1 aromatic rings. The average molecular weight is 176 g/mol. The SMILES string of the molecule is CC[C@@H](C)[C@H](CC)c1ccccc1. The summed E-state index contributed by atoms with van der Waals surface area (Å²) in [4.78, 5) is 0. The van der Waals surface area contributed by atoms with Gasteiger partial charge in [0.1, 0.15) is 0 Å². The molecule has 0 aromatic heterocycles. The summed E-state index contributed by atoms with van der Waals surface area (Å²) < 4.78 is 0. The predicted molar refractivity (Wildman–Crippen MR) is 58.9 cm³/mol. The van der Waals surface area contributed by atoms with Gasteiger partial charge in [-0.25, -0.2) is 0 Å². The van der Waals surface area contributed by atoms with E-state index >= 15 is 0 Å². The first-order valence-electron chi connectivity index (χ1n) is 5.34. The molecule has 0 aliphatic heterocycles. The molecule has 0 aliphatic carbocycles.